The Morgan fingerprint density at radius 3 is 1.80 bits per heavy atom. The molecule has 6 rings (SSSR count). The van der Waals surface area contributed by atoms with Crippen LogP contribution < -0.4 is 5.73 Å². The average molecular weight is 533 g/mol. The Labute approximate surface area is 236 Å². The monoisotopic (exact) mass is 533 g/mol. The van der Waals surface area contributed by atoms with Crippen molar-refractivity contribution in [2.45, 2.75) is 57.7 Å². The van der Waals surface area contributed by atoms with E-state index in [1.54, 1.807) is 0 Å². The summed E-state index contributed by atoms with van der Waals surface area (Å²) in [6, 6.07) is 16.6. The maximum absolute atomic E-state index is 12.9. The topological polar surface area (TPSA) is 107 Å². The van der Waals surface area contributed by atoms with Gasteiger partial charge in [0.1, 0.15) is 11.6 Å². The SMILES string of the molecule is [B]N1CCC[C@H]1c1ncc(-c2ccc(-c3ccc(-c4cnc([C@@H]5CCCN5C(=O)[C@H](N)C(C)C)[nH]4)cc3)cc2)[nH]1. The summed E-state index contributed by atoms with van der Waals surface area (Å²) >= 11 is 0. The van der Waals surface area contributed by atoms with Crippen molar-refractivity contribution in [2.75, 3.05) is 13.1 Å². The van der Waals surface area contributed by atoms with Gasteiger partial charge >= 0.3 is 0 Å². The van der Waals surface area contributed by atoms with Gasteiger partial charge in [-0.1, -0.05) is 62.4 Å². The van der Waals surface area contributed by atoms with E-state index in [1.807, 2.05) is 36.0 Å². The van der Waals surface area contributed by atoms with Crippen LogP contribution in [0.15, 0.2) is 60.9 Å². The molecule has 2 saturated heterocycles. The fourth-order valence-corrected chi connectivity index (χ4v) is 5.86. The van der Waals surface area contributed by atoms with Gasteiger partial charge in [0.25, 0.3) is 0 Å². The number of aromatic nitrogens is 4. The summed E-state index contributed by atoms with van der Waals surface area (Å²) in [6.07, 6.45) is 7.73. The minimum absolute atomic E-state index is 0.00908. The van der Waals surface area contributed by atoms with E-state index in [4.69, 9.17) is 13.7 Å². The molecular formula is C31H36BN7O. The summed E-state index contributed by atoms with van der Waals surface area (Å²) in [5.41, 5.74) is 12.6. The van der Waals surface area contributed by atoms with Crippen LogP contribution in [-0.4, -0.2) is 62.7 Å². The van der Waals surface area contributed by atoms with Crippen LogP contribution in [0.3, 0.4) is 0 Å². The third kappa shape index (κ3) is 5.11. The van der Waals surface area contributed by atoms with E-state index in [0.29, 0.717) is 0 Å². The molecule has 1 amide bonds. The first kappa shape index (κ1) is 26.5. The zero-order valence-corrected chi connectivity index (χ0v) is 23.2. The Morgan fingerprint density at radius 2 is 1.30 bits per heavy atom. The lowest BCUT2D eigenvalue weighted by atomic mass is 10.0. The van der Waals surface area contributed by atoms with Gasteiger partial charge in [0.15, 0.2) is 7.98 Å². The highest BCUT2D eigenvalue weighted by molar-refractivity contribution is 6.04. The molecule has 0 aliphatic carbocycles. The van der Waals surface area contributed by atoms with E-state index in [1.165, 1.54) is 0 Å². The molecule has 0 saturated carbocycles. The highest BCUT2D eigenvalue weighted by Gasteiger charge is 2.35. The fraction of sp³-hybridized carbons (Fsp3) is 0.387. The molecule has 2 aromatic carbocycles. The second-order valence-electron chi connectivity index (χ2n) is 11.4. The molecular weight excluding hydrogens is 497 g/mol. The third-order valence-corrected chi connectivity index (χ3v) is 8.38. The van der Waals surface area contributed by atoms with Crippen molar-refractivity contribution >= 4 is 13.9 Å². The van der Waals surface area contributed by atoms with Crippen LogP contribution in [0.25, 0.3) is 33.6 Å². The third-order valence-electron chi connectivity index (χ3n) is 8.38. The number of nitrogens with zero attached hydrogens (tertiary/aromatic N) is 4. The smallest absolute Gasteiger partial charge is 0.240 e. The van der Waals surface area contributed by atoms with Gasteiger partial charge < -0.3 is 25.4 Å². The number of H-pyrrole nitrogens is 2. The number of benzene rings is 2. The summed E-state index contributed by atoms with van der Waals surface area (Å²) in [6.45, 7) is 5.60. The number of carbonyl (C=O) groups is 1. The number of nitrogens with one attached hydrogen (secondary N) is 2. The molecule has 0 bridgehead atoms. The summed E-state index contributed by atoms with van der Waals surface area (Å²) in [7, 11) is 6.11. The molecule has 8 nitrogen and oxygen atoms in total. The molecule has 4 aromatic rings. The highest BCUT2D eigenvalue weighted by Crippen LogP contribution is 2.34. The van der Waals surface area contributed by atoms with E-state index in [9.17, 15) is 4.79 Å². The van der Waals surface area contributed by atoms with Gasteiger partial charge in [-0.3, -0.25) is 4.79 Å². The minimum Gasteiger partial charge on any atom is -0.345 e. The van der Waals surface area contributed by atoms with Crippen molar-refractivity contribution in [1.29, 1.82) is 0 Å². The van der Waals surface area contributed by atoms with Crippen LogP contribution in [0, 0.1) is 5.92 Å². The number of hydrogen-bond acceptors (Lipinski definition) is 5. The number of likely N-dealkylation sites (tertiary alicyclic amines) is 1. The number of aromatic amines is 2. The van der Waals surface area contributed by atoms with E-state index in [2.05, 4.69) is 68.5 Å². The van der Waals surface area contributed by atoms with Crippen LogP contribution in [0.5, 0.6) is 0 Å². The van der Waals surface area contributed by atoms with E-state index >= 15 is 0 Å². The molecule has 2 fully saturated rings. The number of hydrogen-bond donors (Lipinski definition) is 3. The number of rotatable bonds is 7. The first-order valence-electron chi connectivity index (χ1n) is 14.3. The molecule has 2 radical (unpaired) electrons. The normalized spacial score (nSPS) is 20.4. The van der Waals surface area contributed by atoms with Crippen molar-refractivity contribution < 1.29 is 4.79 Å². The van der Waals surface area contributed by atoms with E-state index < -0.39 is 6.04 Å². The standard InChI is InChI=1S/C31H36BN7O/c1-19(2)28(33)31(40)38-15-3-5-26(38)29-34-17-24(36-29)22-11-7-20(8-12-22)21-9-13-23(14-10-21)25-18-35-30(37-25)27-6-4-16-39(27)32/h7-14,17-19,26-28H,3-6,15-16,33H2,1-2H3,(H,34,36)(H,35,37)/t26-,27-,28+/m0/s1. The lowest BCUT2D eigenvalue weighted by Gasteiger charge is -2.27. The maximum Gasteiger partial charge on any atom is 0.240 e. The lowest BCUT2D eigenvalue weighted by molar-refractivity contribution is -0.134. The van der Waals surface area contributed by atoms with Gasteiger partial charge in [0, 0.05) is 6.54 Å². The van der Waals surface area contributed by atoms with Gasteiger partial charge in [-0.15, -0.1) is 0 Å². The van der Waals surface area contributed by atoms with Gasteiger partial charge in [-0.05, 0) is 60.4 Å². The van der Waals surface area contributed by atoms with E-state index in [-0.39, 0.29) is 23.9 Å². The molecule has 2 aliphatic heterocycles. The maximum atomic E-state index is 12.9. The molecule has 0 spiro atoms. The average Bonchev–Trinajstić information content (AvgIpc) is 3.78. The molecule has 40 heavy (non-hydrogen) atoms. The van der Waals surface area contributed by atoms with Gasteiger partial charge in [0.2, 0.25) is 5.91 Å². The minimum atomic E-state index is -0.484. The van der Waals surface area contributed by atoms with Crippen LogP contribution in [0.4, 0.5) is 0 Å². The Morgan fingerprint density at radius 1 is 0.825 bits per heavy atom. The summed E-state index contributed by atoms with van der Waals surface area (Å²) in [4.78, 5) is 32.9. The second kappa shape index (κ2) is 11.1. The molecule has 2 aliphatic rings. The van der Waals surface area contributed by atoms with Crippen molar-refractivity contribution in [3.05, 3.63) is 72.6 Å². The van der Waals surface area contributed by atoms with Gasteiger partial charge in [-0.25, -0.2) is 9.97 Å². The zero-order chi connectivity index (χ0) is 27.8. The Hall–Kier alpha value is -3.69. The Kier molecular flexibility index (Phi) is 7.34. The van der Waals surface area contributed by atoms with Crippen molar-refractivity contribution in [3.63, 3.8) is 0 Å². The Balaban J connectivity index is 1.14. The van der Waals surface area contributed by atoms with Crippen molar-refractivity contribution in [1.82, 2.24) is 29.6 Å². The number of amides is 1. The zero-order valence-electron chi connectivity index (χ0n) is 23.2. The van der Waals surface area contributed by atoms with Crippen LogP contribution in [-0.2, 0) is 4.79 Å². The van der Waals surface area contributed by atoms with Crippen LogP contribution in [0.2, 0.25) is 0 Å². The quantitative estimate of drug-likeness (QED) is 0.290. The fourth-order valence-electron chi connectivity index (χ4n) is 5.86. The molecule has 2 aromatic heterocycles. The number of carbonyl (C=O) groups excluding carboxylic acids is 1. The lowest BCUT2D eigenvalue weighted by Crippen LogP contribution is -2.46. The molecule has 0 unspecified atom stereocenters. The molecule has 204 valence electrons. The molecule has 4 heterocycles. The van der Waals surface area contributed by atoms with Crippen LogP contribution >= 0.6 is 0 Å². The van der Waals surface area contributed by atoms with Crippen LogP contribution in [0.1, 0.15) is 63.3 Å². The predicted molar refractivity (Wildman–Crippen MR) is 158 cm³/mol. The summed E-state index contributed by atoms with van der Waals surface area (Å²) in [5, 5.41) is 0. The van der Waals surface area contributed by atoms with Gasteiger partial charge in [0.05, 0.1) is 41.9 Å². The number of imidazole rings is 2. The summed E-state index contributed by atoms with van der Waals surface area (Å²) in [5.74, 6) is 1.87. The van der Waals surface area contributed by atoms with Gasteiger partial charge in [-0.2, -0.15) is 0 Å². The van der Waals surface area contributed by atoms with Crippen molar-refractivity contribution in [2.24, 2.45) is 11.7 Å². The first-order chi connectivity index (χ1) is 19.4. The molecule has 9 heteroatoms. The molecule has 3 atom stereocenters. The second-order valence-corrected chi connectivity index (χ2v) is 11.4. The number of nitrogens with two attached hydrogens (primary N) is 1. The highest BCUT2D eigenvalue weighted by atomic mass is 16.2. The first-order valence-corrected chi connectivity index (χ1v) is 14.3. The van der Waals surface area contributed by atoms with E-state index in [0.717, 1.165) is 84.1 Å². The molecule has 4 N–H and O–H groups in total. The summed E-state index contributed by atoms with van der Waals surface area (Å²) < 4.78 is 0. The predicted octanol–water partition coefficient (Wildman–Crippen LogP) is 5.00. The Bertz CT molecular complexity index is 1460. The van der Waals surface area contributed by atoms with Crippen molar-refractivity contribution in [3.8, 4) is 33.6 Å². The largest absolute Gasteiger partial charge is 0.345 e.